The van der Waals surface area contributed by atoms with E-state index < -0.39 is 51.8 Å². The number of hydrogen-bond donors (Lipinski definition) is 3. The lowest BCUT2D eigenvalue weighted by molar-refractivity contribution is -0.161. The fourth-order valence-corrected chi connectivity index (χ4v) is 5.92. The molecule has 0 spiro atoms. The second kappa shape index (κ2) is 42.7. The number of carbonyl (C=O) groups is 2. The first-order valence-electron chi connectivity index (χ1n) is 21.8. The van der Waals surface area contributed by atoms with Crippen molar-refractivity contribution in [3.05, 3.63) is 109 Å². The van der Waals surface area contributed by atoms with Crippen molar-refractivity contribution in [1.82, 2.24) is 0 Å². The summed E-state index contributed by atoms with van der Waals surface area (Å²) in [6.45, 7) is 2.06. The average Bonchev–Trinajstić information content (AvgIpc) is 3.22. The van der Waals surface area contributed by atoms with Crippen molar-refractivity contribution in [2.75, 3.05) is 26.4 Å². The fourth-order valence-electron chi connectivity index (χ4n) is 5.13. The minimum Gasteiger partial charge on any atom is -0.462 e. The molecule has 0 rings (SSSR count). The molecule has 3 atom stereocenters. The number of phosphoric acid groups is 1. The third-order valence-electron chi connectivity index (χ3n) is 8.42. The normalized spacial score (nSPS) is 14.9. The highest BCUT2D eigenvalue weighted by Crippen LogP contribution is 2.43. The lowest BCUT2D eigenvalue weighted by Crippen LogP contribution is -2.29. The number of esters is 2. The van der Waals surface area contributed by atoms with E-state index in [1.165, 1.54) is 0 Å². The molecule has 0 bridgehead atoms. The second-order valence-electron chi connectivity index (χ2n) is 14.0. The van der Waals surface area contributed by atoms with Gasteiger partial charge in [-0.3, -0.25) is 18.6 Å². The smallest absolute Gasteiger partial charge is 0.462 e. The molecule has 3 unspecified atom stereocenters. The molecule has 0 aliphatic carbocycles. The number of carbonyl (C=O) groups excluding carboxylic acids is 2. The number of rotatable bonds is 39. The molecular weight excluding hydrogens is 767 g/mol. The van der Waals surface area contributed by atoms with Gasteiger partial charge in [-0.15, -0.1) is 0 Å². The molecule has 0 heterocycles. The minimum atomic E-state index is -4.64. The van der Waals surface area contributed by atoms with Crippen LogP contribution in [0.3, 0.4) is 0 Å². The van der Waals surface area contributed by atoms with Gasteiger partial charge < -0.3 is 24.6 Å². The Morgan fingerprint density at radius 2 is 0.881 bits per heavy atom. The van der Waals surface area contributed by atoms with E-state index in [0.29, 0.717) is 12.8 Å². The lowest BCUT2D eigenvalue weighted by Gasteiger charge is -2.20. The third-order valence-corrected chi connectivity index (χ3v) is 9.37. The molecule has 0 aromatic carbocycles. The zero-order valence-electron chi connectivity index (χ0n) is 36.2. The van der Waals surface area contributed by atoms with Gasteiger partial charge in [0.1, 0.15) is 12.7 Å². The molecule has 0 amide bonds. The van der Waals surface area contributed by atoms with Gasteiger partial charge in [0, 0.05) is 12.8 Å². The highest BCUT2D eigenvalue weighted by Gasteiger charge is 2.27. The molecule has 0 aliphatic rings. The molecule has 3 N–H and O–H groups in total. The van der Waals surface area contributed by atoms with Crippen LogP contribution in [0.15, 0.2) is 109 Å². The Bertz CT molecular complexity index is 1340. The van der Waals surface area contributed by atoms with Crippen molar-refractivity contribution in [2.45, 2.75) is 154 Å². The standard InChI is InChI=1S/C48H77O10P/c1-3-5-7-9-11-13-15-17-19-21-22-24-26-28-30-32-34-36-38-40-48(52)58-46(44-57-59(53,54)56-42-45(50)41-49)43-55-47(51)39-37-35-33-31-29-27-25-23-20-18-16-14-12-10-8-6-4-2/h5-8,11-14,17-20,22,24-25,27-28,30,45-46,49-50H,3-4,9-10,15-16,21,23,26,29,31-44H2,1-2H3,(H,53,54)/b7-5-,8-6-,13-11-,14-12-,19-17-,20-18-,24-22-,27-25-,30-28-. The predicted molar refractivity (Wildman–Crippen MR) is 242 cm³/mol. The summed E-state index contributed by atoms with van der Waals surface area (Å²) in [6.07, 6.45) is 53.4. The van der Waals surface area contributed by atoms with Crippen molar-refractivity contribution in [3.63, 3.8) is 0 Å². The van der Waals surface area contributed by atoms with Gasteiger partial charge in [0.2, 0.25) is 0 Å². The van der Waals surface area contributed by atoms with E-state index in [1.807, 2.05) is 0 Å². The second-order valence-corrected chi connectivity index (χ2v) is 15.4. The molecule has 0 aliphatic heterocycles. The molecule has 334 valence electrons. The predicted octanol–water partition coefficient (Wildman–Crippen LogP) is 11.8. The Labute approximate surface area is 356 Å². The zero-order chi connectivity index (χ0) is 43.3. The van der Waals surface area contributed by atoms with Gasteiger partial charge in [0.15, 0.2) is 6.10 Å². The van der Waals surface area contributed by atoms with Crippen molar-refractivity contribution >= 4 is 19.8 Å². The highest BCUT2D eigenvalue weighted by molar-refractivity contribution is 7.47. The summed E-state index contributed by atoms with van der Waals surface area (Å²) in [5.74, 6) is -1.00. The van der Waals surface area contributed by atoms with Crippen LogP contribution in [0.25, 0.3) is 0 Å². The monoisotopic (exact) mass is 845 g/mol. The number of aliphatic hydroxyl groups is 2. The van der Waals surface area contributed by atoms with Crippen molar-refractivity contribution in [2.24, 2.45) is 0 Å². The molecule has 10 nitrogen and oxygen atoms in total. The number of unbranched alkanes of at least 4 members (excludes halogenated alkanes) is 7. The quantitative estimate of drug-likeness (QED) is 0.0236. The van der Waals surface area contributed by atoms with Crippen molar-refractivity contribution in [3.8, 4) is 0 Å². The van der Waals surface area contributed by atoms with Crippen LogP contribution in [-0.4, -0.2) is 65.7 Å². The number of aliphatic hydroxyl groups excluding tert-OH is 2. The molecule has 0 aromatic rings. The summed E-state index contributed by atoms with van der Waals surface area (Å²) in [5, 5.41) is 18.3. The fraction of sp³-hybridized carbons (Fsp3) is 0.583. The van der Waals surface area contributed by atoms with E-state index in [9.17, 15) is 24.2 Å². The maximum atomic E-state index is 12.6. The Morgan fingerprint density at radius 3 is 1.32 bits per heavy atom. The van der Waals surface area contributed by atoms with Gasteiger partial charge in [0.05, 0.1) is 19.8 Å². The molecule has 0 saturated carbocycles. The number of hydrogen-bond acceptors (Lipinski definition) is 9. The van der Waals surface area contributed by atoms with Crippen LogP contribution in [0.2, 0.25) is 0 Å². The summed E-state index contributed by atoms with van der Waals surface area (Å²) in [5.41, 5.74) is 0. The SMILES string of the molecule is CC/C=C\C/C=C\C/C=C\C/C=C\C/C=C\CCCCCC(=O)OC(COC(=O)CCCCCC/C=C\C/C=C\C/C=C\C/C=C\CC)COP(=O)(O)OCC(O)CO. The minimum absolute atomic E-state index is 0.132. The maximum absolute atomic E-state index is 12.6. The van der Waals surface area contributed by atoms with Crippen LogP contribution in [-0.2, 0) is 32.7 Å². The first-order chi connectivity index (χ1) is 28.7. The van der Waals surface area contributed by atoms with Crippen LogP contribution in [0.5, 0.6) is 0 Å². The van der Waals surface area contributed by atoms with Gasteiger partial charge in [-0.2, -0.15) is 0 Å². The van der Waals surface area contributed by atoms with E-state index in [2.05, 4.69) is 128 Å². The number of phosphoric ester groups is 1. The van der Waals surface area contributed by atoms with Gasteiger partial charge >= 0.3 is 19.8 Å². The van der Waals surface area contributed by atoms with E-state index in [4.69, 9.17) is 19.1 Å². The van der Waals surface area contributed by atoms with Crippen molar-refractivity contribution < 1.29 is 47.8 Å². The molecular formula is C48H77O10P. The van der Waals surface area contributed by atoms with Crippen LogP contribution in [0.4, 0.5) is 0 Å². The average molecular weight is 845 g/mol. The number of ether oxygens (including phenoxy) is 2. The highest BCUT2D eigenvalue weighted by atomic mass is 31.2. The summed E-state index contributed by atoms with van der Waals surface area (Å²) in [4.78, 5) is 35.0. The van der Waals surface area contributed by atoms with Gasteiger partial charge in [0.25, 0.3) is 0 Å². The number of allylic oxidation sites excluding steroid dienone is 18. The van der Waals surface area contributed by atoms with Crippen molar-refractivity contribution in [1.29, 1.82) is 0 Å². The first-order valence-corrected chi connectivity index (χ1v) is 23.3. The third kappa shape index (κ3) is 42.6. The molecule has 59 heavy (non-hydrogen) atoms. The Kier molecular flexibility index (Phi) is 40.3. The molecule has 11 heteroatoms. The molecule has 0 saturated heterocycles. The molecule has 0 fully saturated rings. The van der Waals surface area contributed by atoms with Crippen LogP contribution in [0, 0.1) is 0 Å². The Balaban J connectivity index is 4.43. The molecule has 0 radical (unpaired) electrons. The zero-order valence-corrected chi connectivity index (χ0v) is 37.1. The van der Waals surface area contributed by atoms with E-state index in [0.717, 1.165) is 103 Å². The van der Waals surface area contributed by atoms with E-state index >= 15 is 0 Å². The lowest BCUT2D eigenvalue weighted by atomic mass is 10.1. The van der Waals surface area contributed by atoms with Gasteiger partial charge in [-0.1, -0.05) is 142 Å². The first kappa shape index (κ1) is 55.6. The van der Waals surface area contributed by atoms with Gasteiger partial charge in [-0.25, -0.2) is 4.57 Å². The van der Waals surface area contributed by atoms with Crippen LogP contribution in [0.1, 0.15) is 142 Å². The maximum Gasteiger partial charge on any atom is 0.472 e. The largest absolute Gasteiger partial charge is 0.472 e. The van der Waals surface area contributed by atoms with Gasteiger partial charge in [-0.05, 0) is 96.3 Å². The van der Waals surface area contributed by atoms with Crippen LogP contribution < -0.4 is 0 Å². The van der Waals surface area contributed by atoms with E-state index in [-0.39, 0.29) is 19.4 Å². The summed E-state index contributed by atoms with van der Waals surface area (Å²) in [7, 11) is -4.64. The Hall–Kier alpha value is -3.37. The van der Waals surface area contributed by atoms with Crippen LogP contribution >= 0.6 is 7.82 Å². The summed E-state index contributed by atoms with van der Waals surface area (Å²) >= 11 is 0. The molecule has 0 aromatic heterocycles. The topological polar surface area (TPSA) is 149 Å². The van der Waals surface area contributed by atoms with E-state index in [1.54, 1.807) is 0 Å². The Morgan fingerprint density at radius 1 is 0.508 bits per heavy atom. The summed E-state index contributed by atoms with van der Waals surface area (Å²) < 4.78 is 32.7. The summed E-state index contributed by atoms with van der Waals surface area (Å²) in [6, 6.07) is 0.